The van der Waals surface area contributed by atoms with E-state index in [1.54, 1.807) is 13.8 Å². The van der Waals surface area contributed by atoms with Gasteiger partial charge in [-0.05, 0) is 88.1 Å². The second kappa shape index (κ2) is 12.1. The van der Waals surface area contributed by atoms with Crippen LogP contribution in [0.3, 0.4) is 0 Å². The van der Waals surface area contributed by atoms with E-state index in [9.17, 15) is 24.3 Å². The summed E-state index contributed by atoms with van der Waals surface area (Å²) in [4.78, 5) is 53.6. The summed E-state index contributed by atoms with van der Waals surface area (Å²) in [5.74, 6) is -3.63. The molecular weight excluding hydrogens is 610 g/mol. The third-order valence-electron chi connectivity index (χ3n) is 11.8. The number of alkyl halides is 2. The lowest BCUT2D eigenvalue weighted by Crippen LogP contribution is -2.70. The molecule has 0 saturated heterocycles. The Labute approximate surface area is 274 Å². The van der Waals surface area contributed by atoms with Gasteiger partial charge in [0.1, 0.15) is 6.17 Å². The van der Waals surface area contributed by atoms with E-state index >= 15 is 8.78 Å². The van der Waals surface area contributed by atoms with Crippen molar-refractivity contribution in [3.8, 4) is 0 Å². The molecule has 250 valence electrons. The fourth-order valence-electron chi connectivity index (χ4n) is 9.70. The number of ether oxygens (including phenoxy) is 1. The Kier molecular flexibility index (Phi) is 9.12. The average molecular weight is 657 g/mol. The lowest BCUT2D eigenvalue weighted by atomic mass is 9.44. The number of aliphatic hydroxyl groups is 1. The normalized spacial score (nSPS) is 38.0. The Bertz CT molecular complexity index is 1510. The average Bonchev–Trinajstić information content (AvgIpc) is 3.19. The van der Waals surface area contributed by atoms with E-state index in [2.05, 4.69) is 0 Å². The van der Waals surface area contributed by atoms with Crippen LogP contribution >= 0.6 is 11.8 Å². The number of hydrogen-bond acceptors (Lipinski definition) is 7. The summed E-state index contributed by atoms with van der Waals surface area (Å²) in [5, 5.41) is 11.3. The van der Waals surface area contributed by atoms with Gasteiger partial charge in [-0.2, -0.15) is 0 Å². The summed E-state index contributed by atoms with van der Waals surface area (Å²) in [6.07, 6.45) is 1.64. The summed E-state index contributed by atoms with van der Waals surface area (Å²) in [5.41, 5.74) is -3.69. The van der Waals surface area contributed by atoms with Crippen LogP contribution in [0.5, 0.6) is 0 Å². The zero-order chi connectivity index (χ0) is 34.0. The summed E-state index contributed by atoms with van der Waals surface area (Å²) < 4.78 is 39.9. The maximum atomic E-state index is 17.7. The molecule has 9 atom stereocenters. The molecule has 0 heterocycles. The Hall–Kier alpha value is -2.65. The van der Waals surface area contributed by atoms with E-state index in [0.717, 1.165) is 40.9 Å². The number of aliphatic hydroxyl groups excluding tert-OH is 1. The van der Waals surface area contributed by atoms with Crippen molar-refractivity contribution >= 4 is 34.4 Å². The van der Waals surface area contributed by atoms with E-state index in [4.69, 9.17) is 4.74 Å². The Balaban J connectivity index is 1.55. The highest BCUT2D eigenvalue weighted by molar-refractivity contribution is 8.14. The zero-order valence-electron chi connectivity index (χ0n) is 27.9. The van der Waals surface area contributed by atoms with Gasteiger partial charge < -0.3 is 9.84 Å². The highest BCUT2D eigenvalue weighted by Crippen LogP contribution is 2.72. The predicted octanol–water partition coefficient (Wildman–Crippen LogP) is 7.09. The number of carbonyl (C=O) groups is 4. The molecule has 1 N–H and O–H groups in total. The van der Waals surface area contributed by atoms with E-state index in [-0.39, 0.29) is 42.8 Å². The molecular formula is C37H46F2O6S. The molecule has 4 aliphatic carbocycles. The highest BCUT2D eigenvalue weighted by atomic mass is 32.2. The second-order valence-corrected chi connectivity index (χ2v) is 15.5. The maximum Gasteiger partial charge on any atom is 0.306 e. The lowest BCUT2D eigenvalue weighted by molar-refractivity contribution is -0.228. The molecule has 0 radical (unpaired) electrons. The summed E-state index contributed by atoms with van der Waals surface area (Å²) >= 11 is 0.796. The molecule has 0 aliphatic heterocycles. The number of carbonyl (C=O) groups excluding carboxylic acids is 4. The Morgan fingerprint density at radius 2 is 1.74 bits per heavy atom. The number of aryl methyl sites for hydroxylation is 3. The molecule has 4 aliphatic rings. The van der Waals surface area contributed by atoms with E-state index < -0.39 is 69.0 Å². The third-order valence-corrected chi connectivity index (χ3v) is 12.7. The molecule has 3 saturated carbocycles. The van der Waals surface area contributed by atoms with Gasteiger partial charge in [0, 0.05) is 34.7 Å². The number of allylic oxidation sites excluding steroid dienone is 4. The molecule has 6 nitrogen and oxygen atoms in total. The van der Waals surface area contributed by atoms with Crippen LogP contribution in [0.1, 0.15) is 93.3 Å². The van der Waals surface area contributed by atoms with Gasteiger partial charge in [0.2, 0.25) is 5.12 Å². The Morgan fingerprint density at radius 3 is 2.37 bits per heavy atom. The maximum absolute atomic E-state index is 17.7. The fraction of sp³-hybridized carbons (Fsp3) is 0.622. The van der Waals surface area contributed by atoms with Gasteiger partial charge >= 0.3 is 5.97 Å². The highest BCUT2D eigenvalue weighted by Gasteiger charge is 2.78. The van der Waals surface area contributed by atoms with Gasteiger partial charge in [0.05, 0.1) is 11.9 Å². The molecule has 3 fully saturated rings. The van der Waals surface area contributed by atoms with Crippen molar-refractivity contribution in [2.45, 2.75) is 111 Å². The van der Waals surface area contributed by atoms with E-state index in [1.165, 1.54) is 19.1 Å². The second-order valence-electron chi connectivity index (χ2n) is 14.6. The van der Waals surface area contributed by atoms with Gasteiger partial charge in [-0.25, -0.2) is 8.78 Å². The first-order chi connectivity index (χ1) is 21.5. The number of ketones is 2. The topological polar surface area (TPSA) is 97.7 Å². The van der Waals surface area contributed by atoms with Crippen molar-refractivity contribution in [1.29, 1.82) is 0 Å². The quantitative estimate of drug-likeness (QED) is 0.236. The van der Waals surface area contributed by atoms with Crippen LogP contribution in [0.4, 0.5) is 8.78 Å². The first-order valence-electron chi connectivity index (χ1n) is 16.4. The minimum absolute atomic E-state index is 0.0246. The van der Waals surface area contributed by atoms with Crippen molar-refractivity contribution in [1.82, 2.24) is 0 Å². The fourth-order valence-corrected chi connectivity index (χ4v) is 10.8. The van der Waals surface area contributed by atoms with Crippen molar-refractivity contribution in [2.24, 2.45) is 28.6 Å². The summed E-state index contributed by atoms with van der Waals surface area (Å²) in [6.45, 7) is 12.7. The van der Waals surface area contributed by atoms with Gasteiger partial charge in [-0.3, -0.25) is 19.2 Å². The number of esters is 1. The summed E-state index contributed by atoms with van der Waals surface area (Å²) in [7, 11) is 0. The van der Waals surface area contributed by atoms with E-state index in [0.29, 0.717) is 12.0 Å². The molecule has 9 heteroatoms. The molecule has 46 heavy (non-hydrogen) atoms. The molecule has 1 aromatic carbocycles. The number of rotatable bonds is 8. The van der Waals surface area contributed by atoms with Crippen LogP contribution in [0.15, 0.2) is 35.9 Å². The minimum Gasteiger partial charge on any atom is -0.449 e. The lowest BCUT2D eigenvalue weighted by Gasteiger charge is -2.63. The van der Waals surface area contributed by atoms with Crippen LogP contribution in [0.2, 0.25) is 0 Å². The van der Waals surface area contributed by atoms with Crippen molar-refractivity contribution in [3.05, 3.63) is 58.2 Å². The van der Waals surface area contributed by atoms with Crippen LogP contribution in [-0.2, 0) is 19.1 Å². The number of halogens is 2. The number of benzene rings is 1. The summed E-state index contributed by atoms with van der Waals surface area (Å²) in [6, 6.07) is 3.84. The van der Waals surface area contributed by atoms with Gasteiger partial charge in [0.15, 0.2) is 22.8 Å². The Morgan fingerprint density at radius 1 is 1.09 bits per heavy atom. The van der Waals surface area contributed by atoms with Gasteiger partial charge in [-0.1, -0.05) is 62.7 Å². The van der Waals surface area contributed by atoms with Crippen LogP contribution in [-0.4, -0.2) is 57.1 Å². The first kappa shape index (κ1) is 34.7. The number of Topliss-reactive ketones (excluding diaryl/α,β-unsaturated/α-hetero) is 1. The third kappa shape index (κ3) is 4.97. The van der Waals surface area contributed by atoms with Gasteiger partial charge in [0.25, 0.3) is 0 Å². The molecule has 0 amide bonds. The molecule has 0 spiro atoms. The van der Waals surface area contributed by atoms with Crippen molar-refractivity contribution < 1.29 is 37.8 Å². The first-order valence-corrected chi connectivity index (χ1v) is 17.4. The van der Waals surface area contributed by atoms with Gasteiger partial charge in [-0.15, -0.1) is 0 Å². The monoisotopic (exact) mass is 656 g/mol. The molecule has 0 unspecified atom stereocenters. The number of unbranched alkanes of at least 4 members (excludes halogenated alkanes) is 1. The number of thioether (sulfide) groups is 1. The smallest absolute Gasteiger partial charge is 0.306 e. The predicted molar refractivity (Wildman–Crippen MR) is 174 cm³/mol. The molecule has 0 aromatic heterocycles. The SMILES string of the molecule is CCCCC(=O)O[C@]1(C(=O)SCC(=O)c2c(C)cc(C)cc2C)[C@H](C)C[C@H]2[C@@H]3C[C@H](F)C4=CC(=O)C=C[C@]4(C)[C@@]3(F)[C@@H](O)C[C@@]21C. The number of fused-ring (bicyclic) bond motifs is 5. The largest absolute Gasteiger partial charge is 0.449 e. The van der Waals surface area contributed by atoms with Crippen LogP contribution in [0, 0.1) is 49.4 Å². The molecule has 0 bridgehead atoms. The number of hydrogen-bond donors (Lipinski definition) is 1. The van der Waals surface area contributed by atoms with Crippen LogP contribution < -0.4 is 0 Å². The molecule has 1 aromatic rings. The minimum atomic E-state index is -2.32. The van der Waals surface area contributed by atoms with E-state index in [1.807, 2.05) is 39.8 Å². The van der Waals surface area contributed by atoms with Crippen LogP contribution in [0.25, 0.3) is 0 Å². The zero-order valence-corrected chi connectivity index (χ0v) is 28.7. The standard InChI is InChI=1S/C37H46F2O6S/c1-8-9-10-31(43)45-37(33(44)46-19-29(41)32-21(3)13-20(2)14-22(32)4)23(5)15-25-26-17-28(38)27-16-24(40)11-12-34(27,6)36(26,39)30(42)18-35(25,37)7/h11-14,16,23,25-26,28,30,42H,8-10,15,17-19H2,1-7H3/t23-,25+,26+,28+,30+,34+,35+,36+,37+/m1/s1. The molecule has 5 rings (SSSR count). The van der Waals surface area contributed by atoms with Crippen molar-refractivity contribution in [3.63, 3.8) is 0 Å². The van der Waals surface area contributed by atoms with Crippen molar-refractivity contribution in [2.75, 3.05) is 5.75 Å².